The highest BCUT2D eigenvalue weighted by Gasteiger charge is 2.23. The van der Waals surface area contributed by atoms with Gasteiger partial charge in [-0.2, -0.15) is 0 Å². The maximum Gasteiger partial charge on any atom is 0.263 e. The number of aromatic nitrogens is 1. The number of rotatable bonds is 8. The summed E-state index contributed by atoms with van der Waals surface area (Å²) in [7, 11) is 0. The third kappa shape index (κ3) is 5.13. The molecule has 0 radical (unpaired) electrons. The van der Waals surface area contributed by atoms with Crippen LogP contribution in [0.1, 0.15) is 37.0 Å². The summed E-state index contributed by atoms with van der Waals surface area (Å²) in [5.74, 6) is 3.10. The van der Waals surface area contributed by atoms with Crippen molar-refractivity contribution in [1.82, 2.24) is 9.88 Å². The molecule has 0 saturated carbocycles. The summed E-state index contributed by atoms with van der Waals surface area (Å²) in [6, 6.07) is 23.0. The number of hydrogen-bond acceptors (Lipinski definition) is 6. The number of aliphatic hydroxyl groups is 1. The average molecular weight is 497 g/mol. The van der Waals surface area contributed by atoms with Gasteiger partial charge in [-0.15, -0.1) is 0 Å². The third-order valence-corrected chi connectivity index (χ3v) is 7.37. The number of hydrogen-bond donors (Lipinski definition) is 1. The van der Waals surface area contributed by atoms with Crippen LogP contribution in [0.4, 0.5) is 0 Å². The molecular weight excluding hydrogens is 464 g/mol. The molecule has 0 amide bonds. The molecule has 1 unspecified atom stereocenters. The van der Waals surface area contributed by atoms with Crippen molar-refractivity contribution in [3.63, 3.8) is 0 Å². The Morgan fingerprint density at radius 2 is 1.84 bits per heavy atom. The van der Waals surface area contributed by atoms with E-state index in [1.165, 1.54) is 16.3 Å². The average Bonchev–Trinajstić information content (AvgIpc) is 3.59. The van der Waals surface area contributed by atoms with E-state index in [1.807, 2.05) is 31.2 Å². The van der Waals surface area contributed by atoms with E-state index < -0.39 is 6.10 Å². The van der Waals surface area contributed by atoms with Gasteiger partial charge in [-0.25, -0.2) is 4.98 Å². The molecule has 3 aromatic carbocycles. The van der Waals surface area contributed by atoms with Crippen molar-refractivity contribution < 1.29 is 18.7 Å². The summed E-state index contributed by atoms with van der Waals surface area (Å²) in [4.78, 5) is 6.66. The molecule has 1 aliphatic heterocycles. The lowest BCUT2D eigenvalue weighted by Crippen LogP contribution is -2.40. The van der Waals surface area contributed by atoms with E-state index >= 15 is 0 Å². The van der Waals surface area contributed by atoms with Crippen LogP contribution in [-0.4, -0.2) is 47.3 Å². The first-order chi connectivity index (χ1) is 18.2. The number of fused-ring (bicyclic) bond motifs is 2. The Labute approximate surface area is 216 Å². The topological polar surface area (TPSA) is 71.9 Å². The van der Waals surface area contributed by atoms with Crippen LogP contribution >= 0.6 is 0 Å². The highest BCUT2D eigenvalue weighted by molar-refractivity contribution is 5.87. The Hall–Kier alpha value is -3.61. The van der Waals surface area contributed by atoms with Gasteiger partial charge in [-0.1, -0.05) is 55.5 Å². The van der Waals surface area contributed by atoms with E-state index in [2.05, 4.69) is 52.3 Å². The fourth-order valence-corrected chi connectivity index (χ4v) is 5.30. The second-order valence-corrected chi connectivity index (χ2v) is 9.91. The number of oxazole rings is 1. The van der Waals surface area contributed by atoms with Crippen LogP contribution in [0.2, 0.25) is 0 Å². The lowest BCUT2D eigenvalue weighted by atomic mass is 9.88. The van der Waals surface area contributed by atoms with Crippen molar-refractivity contribution in [2.45, 2.75) is 38.2 Å². The van der Waals surface area contributed by atoms with Crippen LogP contribution in [0.25, 0.3) is 33.4 Å². The van der Waals surface area contributed by atoms with E-state index in [0.717, 1.165) is 43.5 Å². The Balaban J connectivity index is 1.04. The summed E-state index contributed by atoms with van der Waals surface area (Å²) < 4.78 is 17.7. The highest BCUT2D eigenvalue weighted by atomic mass is 16.5. The number of piperidine rings is 1. The molecule has 2 aromatic heterocycles. The number of aliphatic hydroxyl groups excluding tert-OH is 1. The van der Waals surface area contributed by atoms with Gasteiger partial charge in [-0.3, -0.25) is 0 Å². The first-order valence-electron chi connectivity index (χ1n) is 13.2. The molecule has 37 heavy (non-hydrogen) atoms. The molecule has 1 N–H and O–H groups in total. The van der Waals surface area contributed by atoms with Crippen molar-refractivity contribution in [3.05, 3.63) is 84.3 Å². The maximum absolute atomic E-state index is 10.7. The lowest BCUT2D eigenvalue weighted by Gasteiger charge is -2.33. The molecule has 6 rings (SSSR count). The molecule has 1 fully saturated rings. The molecule has 3 heterocycles. The first kappa shape index (κ1) is 23.8. The monoisotopic (exact) mass is 496 g/mol. The second-order valence-electron chi connectivity index (χ2n) is 9.91. The summed E-state index contributed by atoms with van der Waals surface area (Å²) >= 11 is 0. The molecule has 1 aliphatic rings. The minimum absolute atomic E-state index is 0.225. The number of aryl methyl sites for hydroxylation is 1. The van der Waals surface area contributed by atoms with E-state index in [1.54, 1.807) is 6.20 Å². The smallest absolute Gasteiger partial charge is 0.263 e. The second kappa shape index (κ2) is 10.4. The van der Waals surface area contributed by atoms with Gasteiger partial charge >= 0.3 is 0 Å². The van der Waals surface area contributed by atoms with Gasteiger partial charge in [0.25, 0.3) is 5.89 Å². The summed E-state index contributed by atoms with van der Waals surface area (Å²) in [5.41, 5.74) is 2.12. The van der Waals surface area contributed by atoms with E-state index in [9.17, 15) is 5.11 Å². The molecule has 6 heteroatoms. The first-order valence-corrected chi connectivity index (χ1v) is 13.2. The predicted molar refractivity (Wildman–Crippen MR) is 145 cm³/mol. The van der Waals surface area contributed by atoms with Crippen LogP contribution in [0.3, 0.4) is 0 Å². The van der Waals surface area contributed by atoms with Gasteiger partial charge in [0.05, 0.1) is 11.6 Å². The molecule has 0 bridgehead atoms. The standard InChI is InChI=1S/C31H32N2O4/c1-2-26-18-32-31(36-26)30-17-27-28(8-5-9-29(27)37-30)35-20-25(34)19-33-14-12-22(13-15-33)24-11-10-21-6-3-4-7-23(21)16-24/h3-11,16-18,22,25,34H,2,12-15,19-20H2,1H3. The minimum Gasteiger partial charge on any atom is -0.490 e. The Kier molecular flexibility index (Phi) is 6.68. The van der Waals surface area contributed by atoms with Crippen molar-refractivity contribution in [3.8, 4) is 17.4 Å². The van der Waals surface area contributed by atoms with Crippen LogP contribution in [-0.2, 0) is 6.42 Å². The van der Waals surface area contributed by atoms with Crippen LogP contribution in [0, 0.1) is 0 Å². The van der Waals surface area contributed by atoms with Crippen LogP contribution in [0.15, 0.2) is 81.8 Å². The zero-order valence-corrected chi connectivity index (χ0v) is 21.1. The number of likely N-dealkylation sites (tertiary alicyclic amines) is 1. The Morgan fingerprint density at radius 1 is 1.00 bits per heavy atom. The quantitative estimate of drug-likeness (QED) is 0.267. The van der Waals surface area contributed by atoms with Crippen LogP contribution < -0.4 is 4.74 Å². The Morgan fingerprint density at radius 3 is 2.65 bits per heavy atom. The van der Waals surface area contributed by atoms with Gasteiger partial charge in [0, 0.05) is 19.0 Å². The molecule has 190 valence electrons. The van der Waals surface area contributed by atoms with Gasteiger partial charge < -0.3 is 23.6 Å². The number of ether oxygens (including phenoxy) is 1. The maximum atomic E-state index is 10.7. The number of β-amino-alcohol motifs (C(OH)–C–C–N with tert-alkyl or cyclic N) is 1. The number of furan rings is 1. The summed E-state index contributed by atoms with van der Waals surface area (Å²) in [6.07, 6.45) is 4.13. The zero-order chi connectivity index (χ0) is 25.2. The minimum atomic E-state index is -0.572. The molecular formula is C31H32N2O4. The zero-order valence-electron chi connectivity index (χ0n) is 21.1. The summed E-state index contributed by atoms with van der Waals surface area (Å²) in [6.45, 7) is 4.81. The van der Waals surface area contributed by atoms with Gasteiger partial charge in [0.1, 0.15) is 29.8 Å². The molecule has 0 aliphatic carbocycles. The lowest BCUT2D eigenvalue weighted by molar-refractivity contribution is 0.0599. The van der Waals surface area contributed by atoms with Crippen molar-refractivity contribution in [2.24, 2.45) is 0 Å². The van der Waals surface area contributed by atoms with Gasteiger partial charge in [0.2, 0.25) is 0 Å². The normalized spacial score (nSPS) is 15.9. The largest absolute Gasteiger partial charge is 0.490 e. The fraction of sp³-hybridized carbons (Fsp3) is 0.323. The molecule has 0 spiro atoms. The van der Waals surface area contributed by atoms with Gasteiger partial charge in [0.15, 0.2) is 5.76 Å². The van der Waals surface area contributed by atoms with Crippen molar-refractivity contribution in [1.29, 1.82) is 0 Å². The van der Waals surface area contributed by atoms with Crippen molar-refractivity contribution in [2.75, 3.05) is 26.2 Å². The van der Waals surface area contributed by atoms with Crippen molar-refractivity contribution >= 4 is 21.7 Å². The van der Waals surface area contributed by atoms with Crippen LogP contribution in [0.5, 0.6) is 5.75 Å². The molecule has 1 saturated heterocycles. The summed E-state index contributed by atoms with van der Waals surface area (Å²) in [5, 5.41) is 14.2. The van der Waals surface area contributed by atoms with E-state index in [4.69, 9.17) is 13.6 Å². The third-order valence-electron chi connectivity index (χ3n) is 7.37. The molecule has 1 atom stereocenters. The number of benzene rings is 3. The fourth-order valence-electron chi connectivity index (χ4n) is 5.30. The highest BCUT2D eigenvalue weighted by Crippen LogP contribution is 2.34. The SMILES string of the molecule is CCc1cnc(-c2cc3c(OCC(O)CN4CCC(c5ccc6ccccc6c5)CC4)cccc3o2)o1. The molecule has 6 nitrogen and oxygen atoms in total. The van der Waals surface area contributed by atoms with E-state index in [0.29, 0.717) is 35.4 Å². The van der Waals surface area contributed by atoms with Gasteiger partial charge in [-0.05, 0) is 60.3 Å². The Bertz CT molecular complexity index is 1500. The number of nitrogens with zero attached hydrogens (tertiary/aromatic N) is 2. The van der Waals surface area contributed by atoms with E-state index in [-0.39, 0.29) is 6.61 Å². The predicted octanol–water partition coefficient (Wildman–Crippen LogP) is 6.42. The molecule has 5 aromatic rings.